The first-order chi connectivity index (χ1) is 22.2. The Balaban J connectivity index is 0.000000158. The number of rotatable bonds is 6. The molecule has 6 aromatic rings. The monoisotopic (exact) mass is 630 g/mol. The van der Waals surface area contributed by atoms with Crippen LogP contribution in [0.4, 0.5) is 0 Å². The zero-order valence-electron chi connectivity index (χ0n) is 27.0. The molecule has 0 amide bonds. The minimum Gasteiger partial charge on any atom is -0.343 e. The van der Waals surface area contributed by atoms with Crippen molar-refractivity contribution in [2.45, 2.75) is 57.5 Å². The van der Waals surface area contributed by atoms with Gasteiger partial charge in [-0.25, -0.2) is 0 Å². The van der Waals surface area contributed by atoms with Crippen molar-refractivity contribution in [1.82, 2.24) is 19.8 Å². The molecule has 4 aromatic carbocycles. The number of fused-ring (bicyclic) bond motifs is 2. The van der Waals surface area contributed by atoms with Crippen LogP contribution in [0, 0.1) is 6.92 Å². The summed E-state index contributed by atoms with van der Waals surface area (Å²) in [5, 5.41) is 9.82. The Hall–Kier alpha value is -3.83. The minimum atomic E-state index is 0. The lowest BCUT2D eigenvalue weighted by molar-refractivity contribution is 0.461. The minimum absolute atomic E-state index is 0. The van der Waals surface area contributed by atoms with Gasteiger partial charge in [0.1, 0.15) is 0 Å². The maximum atomic E-state index is 3.48. The van der Waals surface area contributed by atoms with Gasteiger partial charge in [0.05, 0.1) is 0 Å². The maximum absolute atomic E-state index is 3.48. The van der Waals surface area contributed by atoms with Crippen LogP contribution < -0.4 is 10.6 Å². The standard InChI is InChI=1S/C21H24N2.C20H22N2.ClH/c1-16-6-8-17(9-7-16)14-23-15-20(18-10-12-22-13-11-18)19-4-2-3-5-21(19)23;1-2-6-16(7-3-1)14-22-15-19(17-10-12-21-13-11-17)18-8-4-5-9-20(18)22;/h2-9,15,18,22H,10-14H2,1H3;1-9,15,17,21H,10-14H2;1H. The average molecular weight is 631 g/mol. The quantitative estimate of drug-likeness (QED) is 0.193. The van der Waals surface area contributed by atoms with Gasteiger partial charge in [-0.3, -0.25) is 0 Å². The first-order valence-corrected chi connectivity index (χ1v) is 16.9. The van der Waals surface area contributed by atoms with Crippen molar-refractivity contribution in [2.24, 2.45) is 0 Å². The lowest BCUT2D eigenvalue weighted by atomic mass is 9.90. The summed E-state index contributed by atoms with van der Waals surface area (Å²) in [4.78, 5) is 0. The Bertz CT molecular complexity index is 1820. The molecule has 0 saturated carbocycles. The highest BCUT2D eigenvalue weighted by Crippen LogP contribution is 2.34. The molecule has 0 unspecified atom stereocenters. The van der Waals surface area contributed by atoms with Crippen LogP contribution in [0.15, 0.2) is 116 Å². The van der Waals surface area contributed by atoms with Crippen molar-refractivity contribution < 1.29 is 0 Å². The predicted octanol–water partition coefficient (Wildman–Crippen LogP) is 9.04. The smallest absolute Gasteiger partial charge is 0.0486 e. The van der Waals surface area contributed by atoms with Gasteiger partial charge in [0, 0.05) is 47.3 Å². The molecule has 2 saturated heterocycles. The summed E-state index contributed by atoms with van der Waals surface area (Å²) in [7, 11) is 0. The van der Waals surface area contributed by atoms with Crippen LogP contribution >= 0.6 is 12.4 Å². The van der Waals surface area contributed by atoms with E-state index in [4.69, 9.17) is 0 Å². The molecule has 238 valence electrons. The lowest BCUT2D eigenvalue weighted by Gasteiger charge is -2.22. The van der Waals surface area contributed by atoms with Gasteiger partial charge in [0.25, 0.3) is 0 Å². The number of aryl methyl sites for hydroxylation is 1. The fourth-order valence-electron chi connectivity index (χ4n) is 7.40. The summed E-state index contributed by atoms with van der Waals surface area (Å²) in [5.41, 5.74) is 9.85. The second-order valence-electron chi connectivity index (χ2n) is 13.0. The van der Waals surface area contributed by atoms with Crippen LogP contribution in [0.5, 0.6) is 0 Å². The number of para-hydroxylation sites is 2. The van der Waals surface area contributed by atoms with Gasteiger partial charge in [0.15, 0.2) is 0 Å². The van der Waals surface area contributed by atoms with E-state index in [0.29, 0.717) is 11.8 Å². The molecule has 0 radical (unpaired) electrons. The molecule has 2 N–H and O–H groups in total. The Kier molecular flexibility index (Phi) is 10.6. The Morgan fingerprint density at radius 3 is 1.41 bits per heavy atom. The molecule has 0 atom stereocenters. The van der Waals surface area contributed by atoms with Gasteiger partial charge < -0.3 is 19.8 Å². The number of halogens is 1. The van der Waals surface area contributed by atoms with E-state index in [1.165, 1.54) is 75.3 Å². The third-order valence-corrected chi connectivity index (χ3v) is 9.87. The number of piperidine rings is 2. The third-order valence-electron chi connectivity index (χ3n) is 9.87. The van der Waals surface area contributed by atoms with Gasteiger partial charge in [-0.15, -0.1) is 12.4 Å². The average Bonchev–Trinajstić information content (AvgIpc) is 3.66. The first kappa shape index (κ1) is 32.1. The first-order valence-electron chi connectivity index (χ1n) is 16.9. The van der Waals surface area contributed by atoms with Gasteiger partial charge in [-0.05, 0) is 105 Å². The fourth-order valence-corrected chi connectivity index (χ4v) is 7.40. The largest absolute Gasteiger partial charge is 0.343 e. The Labute approximate surface area is 280 Å². The van der Waals surface area contributed by atoms with E-state index < -0.39 is 0 Å². The molecule has 4 heterocycles. The van der Waals surface area contributed by atoms with Crippen molar-refractivity contribution in [3.05, 3.63) is 143 Å². The molecule has 2 aliphatic rings. The Morgan fingerprint density at radius 1 is 0.522 bits per heavy atom. The zero-order valence-corrected chi connectivity index (χ0v) is 27.8. The van der Waals surface area contributed by atoms with E-state index >= 15 is 0 Å². The predicted molar refractivity (Wildman–Crippen MR) is 197 cm³/mol. The van der Waals surface area contributed by atoms with Crippen LogP contribution in [0.25, 0.3) is 21.8 Å². The maximum Gasteiger partial charge on any atom is 0.0486 e. The van der Waals surface area contributed by atoms with Gasteiger partial charge in [0.2, 0.25) is 0 Å². The molecule has 0 spiro atoms. The van der Waals surface area contributed by atoms with E-state index in [-0.39, 0.29) is 12.4 Å². The number of hydrogen-bond acceptors (Lipinski definition) is 2. The van der Waals surface area contributed by atoms with E-state index in [1.807, 2.05) is 0 Å². The third kappa shape index (κ3) is 7.25. The van der Waals surface area contributed by atoms with Crippen LogP contribution in [-0.4, -0.2) is 35.3 Å². The fraction of sp³-hybridized carbons (Fsp3) is 0.317. The van der Waals surface area contributed by atoms with Crippen LogP contribution in [-0.2, 0) is 13.1 Å². The molecule has 46 heavy (non-hydrogen) atoms. The SMILES string of the molecule is Cc1ccc(Cn2cc(C3CCNCC3)c3ccccc32)cc1.Cl.c1ccc(Cn2cc(C3CCNCC3)c3ccccc32)cc1. The zero-order chi connectivity index (χ0) is 30.4. The van der Waals surface area contributed by atoms with Crippen molar-refractivity contribution in [3.63, 3.8) is 0 Å². The highest BCUT2D eigenvalue weighted by atomic mass is 35.5. The van der Waals surface area contributed by atoms with Gasteiger partial charge in [-0.1, -0.05) is 96.6 Å². The normalized spacial score (nSPS) is 15.8. The van der Waals surface area contributed by atoms with Crippen LogP contribution in [0.1, 0.15) is 65.3 Å². The van der Waals surface area contributed by atoms with E-state index in [1.54, 1.807) is 0 Å². The molecular weight excluding hydrogens is 584 g/mol. The number of aromatic nitrogens is 2. The number of hydrogen-bond donors (Lipinski definition) is 2. The number of nitrogens with one attached hydrogen (secondary N) is 2. The molecule has 0 aliphatic carbocycles. The topological polar surface area (TPSA) is 33.9 Å². The van der Waals surface area contributed by atoms with Crippen LogP contribution in [0.2, 0.25) is 0 Å². The second kappa shape index (κ2) is 15.2. The molecule has 2 aromatic heterocycles. The molecular formula is C41H47ClN4. The summed E-state index contributed by atoms with van der Waals surface area (Å²) in [6.07, 6.45) is 9.80. The summed E-state index contributed by atoms with van der Waals surface area (Å²) >= 11 is 0. The summed E-state index contributed by atoms with van der Waals surface area (Å²) in [6, 6.07) is 37.4. The van der Waals surface area contributed by atoms with Crippen molar-refractivity contribution in [3.8, 4) is 0 Å². The molecule has 0 bridgehead atoms. The van der Waals surface area contributed by atoms with Crippen LogP contribution in [0.3, 0.4) is 0 Å². The van der Waals surface area contributed by atoms with E-state index in [0.717, 1.165) is 39.3 Å². The molecule has 5 heteroatoms. The molecule has 2 aliphatic heterocycles. The highest BCUT2D eigenvalue weighted by molar-refractivity contribution is 5.86. The molecule has 2 fully saturated rings. The van der Waals surface area contributed by atoms with E-state index in [2.05, 4.69) is 142 Å². The van der Waals surface area contributed by atoms with Crippen molar-refractivity contribution in [2.75, 3.05) is 26.2 Å². The van der Waals surface area contributed by atoms with Gasteiger partial charge >= 0.3 is 0 Å². The number of nitrogens with zero attached hydrogens (tertiary/aromatic N) is 2. The molecule has 4 nitrogen and oxygen atoms in total. The van der Waals surface area contributed by atoms with E-state index in [9.17, 15) is 0 Å². The highest BCUT2D eigenvalue weighted by Gasteiger charge is 2.21. The Morgan fingerprint density at radius 2 is 0.935 bits per heavy atom. The number of benzene rings is 4. The lowest BCUT2D eigenvalue weighted by Crippen LogP contribution is -2.26. The molecule has 8 rings (SSSR count). The summed E-state index contributed by atoms with van der Waals surface area (Å²) in [5.74, 6) is 1.39. The summed E-state index contributed by atoms with van der Waals surface area (Å²) < 4.78 is 4.85. The van der Waals surface area contributed by atoms with Crippen molar-refractivity contribution >= 4 is 34.2 Å². The van der Waals surface area contributed by atoms with Crippen molar-refractivity contribution in [1.29, 1.82) is 0 Å². The summed E-state index contributed by atoms with van der Waals surface area (Å²) in [6.45, 7) is 8.61. The van der Waals surface area contributed by atoms with Gasteiger partial charge in [-0.2, -0.15) is 0 Å². The second-order valence-corrected chi connectivity index (χ2v) is 13.0.